The zero-order valence-corrected chi connectivity index (χ0v) is 14.9. The standard InChI is InChI=1S/C21H24FN3O/c22-18-8-6-17(7-9-18)21(10-2-3-11-21)20(26)25-15-13-24(14-16-25)19-5-1-4-12-23-19/h1,4-9,12H,2-3,10-11,13-16H2. The third-order valence-electron chi connectivity index (χ3n) is 5.80. The first-order valence-corrected chi connectivity index (χ1v) is 9.40. The van der Waals surface area contributed by atoms with E-state index in [0.717, 1.165) is 50.2 Å². The smallest absolute Gasteiger partial charge is 0.233 e. The van der Waals surface area contributed by atoms with Gasteiger partial charge in [0.2, 0.25) is 5.91 Å². The summed E-state index contributed by atoms with van der Waals surface area (Å²) in [6.07, 6.45) is 5.62. The van der Waals surface area contributed by atoms with Crippen LogP contribution in [0.4, 0.5) is 10.2 Å². The molecule has 4 rings (SSSR count). The van der Waals surface area contributed by atoms with Gasteiger partial charge in [0.25, 0.3) is 0 Å². The molecule has 1 aromatic carbocycles. The fourth-order valence-corrected chi connectivity index (χ4v) is 4.36. The number of pyridine rings is 1. The number of nitrogens with zero attached hydrogens (tertiary/aromatic N) is 3. The maximum Gasteiger partial charge on any atom is 0.233 e. The molecular formula is C21H24FN3O. The van der Waals surface area contributed by atoms with Gasteiger partial charge in [-0.3, -0.25) is 4.79 Å². The van der Waals surface area contributed by atoms with E-state index in [4.69, 9.17) is 0 Å². The summed E-state index contributed by atoms with van der Waals surface area (Å²) in [5, 5.41) is 0. The van der Waals surface area contributed by atoms with Crippen LogP contribution in [-0.2, 0) is 10.2 Å². The van der Waals surface area contributed by atoms with Crippen molar-refractivity contribution in [1.82, 2.24) is 9.88 Å². The molecule has 0 N–H and O–H groups in total. The first-order valence-electron chi connectivity index (χ1n) is 9.40. The molecule has 5 heteroatoms. The summed E-state index contributed by atoms with van der Waals surface area (Å²) in [6, 6.07) is 12.4. The van der Waals surface area contributed by atoms with E-state index in [0.29, 0.717) is 13.1 Å². The van der Waals surface area contributed by atoms with Gasteiger partial charge in [-0.25, -0.2) is 9.37 Å². The second kappa shape index (κ2) is 7.06. The Morgan fingerprint density at radius 3 is 2.27 bits per heavy atom. The molecule has 1 saturated carbocycles. The second-order valence-electron chi connectivity index (χ2n) is 7.26. The summed E-state index contributed by atoms with van der Waals surface area (Å²) in [5.74, 6) is 0.925. The van der Waals surface area contributed by atoms with Gasteiger partial charge in [0.1, 0.15) is 11.6 Å². The molecule has 26 heavy (non-hydrogen) atoms. The molecule has 0 atom stereocenters. The maximum atomic E-state index is 13.4. The van der Waals surface area contributed by atoms with Gasteiger partial charge in [-0.05, 0) is 42.7 Å². The van der Waals surface area contributed by atoms with Crippen molar-refractivity contribution in [2.45, 2.75) is 31.1 Å². The Balaban J connectivity index is 1.50. The van der Waals surface area contributed by atoms with Crippen LogP contribution >= 0.6 is 0 Å². The van der Waals surface area contributed by atoms with Crippen molar-refractivity contribution in [1.29, 1.82) is 0 Å². The summed E-state index contributed by atoms with van der Waals surface area (Å²) < 4.78 is 13.4. The lowest BCUT2D eigenvalue weighted by Gasteiger charge is -2.40. The molecule has 2 heterocycles. The van der Waals surface area contributed by atoms with E-state index in [-0.39, 0.29) is 11.7 Å². The summed E-state index contributed by atoms with van der Waals surface area (Å²) in [6.45, 7) is 3.00. The van der Waals surface area contributed by atoms with Crippen LogP contribution in [0.3, 0.4) is 0 Å². The van der Waals surface area contributed by atoms with E-state index in [2.05, 4.69) is 9.88 Å². The highest BCUT2D eigenvalue weighted by Crippen LogP contribution is 2.42. The van der Waals surface area contributed by atoms with Crippen LogP contribution < -0.4 is 4.90 Å². The van der Waals surface area contributed by atoms with Crippen molar-refractivity contribution in [3.63, 3.8) is 0 Å². The minimum atomic E-state index is -0.471. The molecule has 1 amide bonds. The zero-order chi connectivity index (χ0) is 18.0. The minimum absolute atomic E-state index is 0.210. The number of piperazine rings is 1. The summed E-state index contributed by atoms with van der Waals surface area (Å²) >= 11 is 0. The molecule has 1 saturated heterocycles. The number of aromatic nitrogens is 1. The Morgan fingerprint density at radius 1 is 0.962 bits per heavy atom. The van der Waals surface area contributed by atoms with Crippen LogP contribution in [0.15, 0.2) is 48.7 Å². The number of hydrogen-bond acceptors (Lipinski definition) is 3. The molecule has 0 unspecified atom stereocenters. The van der Waals surface area contributed by atoms with Crippen LogP contribution in [0.5, 0.6) is 0 Å². The van der Waals surface area contributed by atoms with Crippen LogP contribution in [0.1, 0.15) is 31.2 Å². The number of anilines is 1. The zero-order valence-electron chi connectivity index (χ0n) is 14.9. The Hall–Kier alpha value is -2.43. The van der Waals surface area contributed by atoms with Crippen molar-refractivity contribution < 1.29 is 9.18 Å². The molecule has 0 radical (unpaired) electrons. The summed E-state index contributed by atoms with van der Waals surface area (Å²) in [5.41, 5.74) is 0.495. The first kappa shape index (κ1) is 17.0. The van der Waals surface area contributed by atoms with Crippen molar-refractivity contribution in [3.05, 3.63) is 60.0 Å². The van der Waals surface area contributed by atoms with Gasteiger partial charge in [0, 0.05) is 32.4 Å². The van der Waals surface area contributed by atoms with E-state index in [1.165, 1.54) is 12.1 Å². The van der Waals surface area contributed by atoms with E-state index in [1.54, 1.807) is 18.3 Å². The van der Waals surface area contributed by atoms with Gasteiger partial charge < -0.3 is 9.80 Å². The summed E-state index contributed by atoms with van der Waals surface area (Å²) in [7, 11) is 0. The lowest BCUT2D eigenvalue weighted by Crippen LogP contribution is -2.54. The van der Waals surface area contributed by atoms with Crippen molar-refractivity contribution in [2.75, 3.05) is 31.1 Å². The van der Waals surface area contributed by atoms with Gasteiger partial charge in [-0.2, -0.15) is 0 Å². The molecule has 2 aliphatic rings. The molecular weight excluding hydrogens is 329 g/mol. The normalized spacial score (nSPS) is 19.6. The summed E-state index contributed by atoms with van der Waals surface area (Å²) in [4.78, 5) is 22.1. The van der Waals surface area contributed by atoms with Crippen LogP contribution in [0, 0.1) is 5.82 Å². The quantitative estimate of drug-likeness (QED) is 0.849. The van der Waals surface area contributed by atoms with E-state index < -0.39 is 5.41 Å². The van der Waals surface area contributed by atoms with Gasteiger partial charge in [-0.1, -0.05) is 31.0 Å². The van der Waals surface area contributed by atoms with Gasteiger partial charge in [-0.15, -0.1) is 0 Å². The van der Waals surface area contributed by atoms with Crippen molar-refractivity contribution >= 4 is 11.7 Å². The van der Waals surface area contributed by atoms with Gasteiger partial charge in [0.05, 0.1) is 5.41 Å². The van der Waals surface area contributed by atoms with E-state index in [9.17, 15) is 9.18 Å². The molecule has 136 valence electrons. The van der Waals surface area contributed by atoms with E-state index >= 15 is 0 Å². The lowest BCUT2D eigenvalue weighted by molar-refractivity contribution is -0.137. The lowest BCUT2D eigenvalue weighted by atomic mass is 9.77. The highest BCUT2D eigenvalue weighted by molar-refractivity contribution is 5.89. The number of amides is 1. The number of benzene rings is 1. The van der Waals surface area contributed by atoms with Crippen LogP contribution in [-0.4, -0.2) is 42.0 Å². The molecule has 0 spiro atoms. The molecule has 1 aliphatic carbocycles. The molecule has 0 bridgehead atoms. The largest absolute Gasteiger partial charge is 0.353 e. The third-order valence-corrected chi connectivity index (χ3v) is 5.80. The van der Waals surface area contributed by atoms with Gasteiger partial charge in [0.15, 0.2) is 0 Å². The maximum absolute atomic E-state index is 13.4. The third kappa shape index (κ3) is 3.06. The van der Waals surface area contributed by atoms with E-state index in [1.807, 2.05) is 23.1 Å². The predicted molar refractivity (Wildman–Crippen MR) is 99.6 cm³/mol. The van der Waals surface area contributed by atoms with Crippen molar-refractivity contribution in [3.8, 4) is 0 Å². The number of carbonyl (C=O) groups is 1. The highest BCUT2D eigenvalue weighted by atomic mass is 19.1. The SMILES string of the molecule is O=C(N1CCN(c2ccccn2)CC1)C1(c2ccc(F)cc2)CCCC1. The highest BCUT2D eigenvalue weighted by Gasteiger charge is 2.45. The Bertz CT molecular complexity index is 749. The number of halogens is 1. The fraction of sp³-hybridized carbons (Fsp3) is 0.429. The molecule has 1 aliphatic heterocycles. The average molecular weight is 353 g/mol. The van der Waals surface area contributed by atoms with Crippen molar-refractivity contribution in [2.24, 2.45) is 0 Å². The molecule has 4 nitrogen and oxygen atoms in total. The van der Waals surface area contributed by atoms with Crippen LogP contribution in [0.2, 0.25) is 0 Å². The number of rotatable bonds is 3. The molecule has 1 aromatic heterocycles. The number of hydrogen-bond donors (Lipinski definition) is 0. The average Bonchev–Trinajstić information content (AvgIpc) is 3.20. The minimum Gasteiger partial charge on any atom is -0.353 e. The predicted octanol–water partition coefficient (Wildman–Crippen LogP) is 3.38. The molecule has 2 aromatic rings. The topological polar surface area (TPSA) is 36.4 Å². The Morgan fingerprint density at radius 2 is 1.65 bits per heavy atom. The van der Waals surface area contributed by atoms with Crippen LogP contribution in [0.25, 0.3) is 0 Å². The van der Waals surface area contributed by atoms with Gasteiger partial charge >= 0.3 is 0 Å². The molecule has 2 fully saturated rings. The Kier molecular flexibility index (Phi) is 4.62. The Labute approximate surface area is 153 Å². The second-order valence-corrected chi connectivity index (χ2v) is 7.26. The number of carbonyl (C=O) groups excluding carboxylic acids is 1. The fourth-order valence-electron chi connectivity index (χ4n) is 4.36. The first-order chi connectivity index (χ1) is 12.7. The monoisotopic (exact) mass is 353 g/mol.